The number of fused-ring (bicyclic) bond motifs is 2. The molecule has 5 aromatic rings. The van der Waals surface area contributed by atoms with E-state index in [-0.39, 0.29) is 11.5 Å². The molecule has 1 aliphatic rings. The molecule has 1 amide bonds. The number of benzene rings is 3. The van der Waals surface area contributed by atoms with Crippen LogP contribution in [0.5, 0.6) is 5.75 Å². The van der Waals surface area contributed by atoms with E-state index in [9.17, 15) is 9.59 Å². The number of ether oxygens (including phenoxy) is 1. The van der Waals surface area contributed by atoms with Crippen LogP contribution in [0.4, 0.5) is 5.69 Å². The quantitative estimate of drug-likeness (QED) is 0.318. The van der Waals surface area contributed by atoms with E-state index in [1.165, 1.54) is 15.9 Å². The fourth-order valence-corrected chi connectivity index (χ4v) is 5.68. The number of thiazole rings is 1. The number of carbonyl (C=O) groups excluding carboxylic acids is 1. The van der Waals surface area contributed by atoms with Crippen molar-refractivity contribution in [3.63, 3.8) is 0 Å². The van der Waals surface area contributed by atoms with Crippen molar-refractivity contribution in [2.75, 3.05) is 11.5 Å². The molecule has 0 unspecified atom stereocenters. The highest BCUT2D eigenvalue weighted by atomic mass is 79.9. The van der Waals surface area contributed by atoms with Crippen LogP contribution in [-0.2, 0) is 11.3 Å². The van der Waals surface area contributed by atoms with E-state index < -0.39 is 0 Å². The molecular weight excluding hydrogens is 540 g/mol. The van der Waals surface area contributed by atoms with E-state index in [1.807, 2.05) is 79.7 Å². The molecule has 7 nitrogen and oxygen atoms in total. The maximum Gasteiger partial charge on any atom is 0.291 e. The molecule has 6 rings (SSSR count). The smallest absolute Gasteiger partial charge is 0.291 e. The second-order valence-corrected chi connectivity index (χ2v) is 10.1. The summed E-state index contributed by atoms with van der Waals surface area (Å²) in [5.74, 6) is 1.000. The Morgan fingerprint density at radius 1 is 1.00 bits per heavy atom. The lowest BCUT2D eigenvalue weighted by Gasteiger charge is -2.17. The SMILES string of the molecule is CCOc1ccc(-c2nc3sc(=C4C(=O)N(Cc5ccccc5)c5ccc(Br)cc54)c(=O)n3n2)cc1. The highest BCUT2D eigenvalue weighted by Gasteiger charge is 2.34. The highest BCUT2D eigenvalue weighted by molar-refractivity contribution is 9.10. The fourth-order valence-electron chi connectivity index (χ4n) is 4.32. The van der Waals surface area contributed by atoms with E-state index in [0.29, 0.717) is 34.0 Å². The van der Waals surface area contributed by atoms with Crippen molar-refractivity contribution in [1.29, 1.82) is 0 Å². The zero-order valence-electron chi connectivity index (χ0n) is 19.1. The van der Waals surface area contributed by atoms with Crippen LogP contribution in [0.15, 0.2) is 82.1 Å². The van der Waals surface area contributed by atoms with E-state index in [2.05, 4.69) is 26.0 Å². The van der Waals surface area contributed by atoms with Crippen LogP contribution in [0.25, 0.3) is 21.9 Å². The molecule has 0 N–H and O–H groups in total. The summed E-state index contributed by atoms with van der Waals surface area (Å²) >= 11 is 4.69. The Morgan fingerprint density at radius 3 is 2.50 bits per heavy atom. The van der Waals surface area contributed by atoms with Crippen LogP contribution in [0.1, 0.15) is 18.1 Å². The van der Waals surface area contributed by atoms with E-state index in [1.54, 1.807) is 4.90 Å². The summed E-state index contributed by atoms with van der Waals surface area (Å²) in [6.45, 7) is 2.92. The van der Waals surface area contributed by atoms with Crippen LogP contribution in [0.3, 0.4) is 0 Å². The molecule has 0 aliphatic carbocycles. The van der Waals surface area contributed by atoms with Gasteiger partial charge < -0.3 is 9.64 Å². The van der Waals surface area contributed by atoms with Gasteiger partial charge in [0.05, 0.1) is 24.4 Å². The third kappa shape index (κ3) is 3.81. The van der Waals surface area contributed by atoms with Gasteiger partial charge in [-0.3, -0.25) is 9.59 Å². The van der Waals surface area contributed by atoms with Gasteiger partial charge in [0.1, 0.15) is 10.3 Å². The van der Waals surface area contributed by atoms with Crippen molar-refractivity contribution < 1.29 is 9.53 Å². The summed E-state index contributed by atoms with van der Waals surface area (Å²) in [7, 11) is 0. The molecule has 36 heavy (non-hydrogen) atoms. The number of hydrogen-bond donors (Lipinski definition) is 0. The number of amides is 1. The van der Waals surface area contributed by atoms with Gasteiger partial charge in [0.15, 0.2) is 5.82 Å². The first kappa shape index (κ1) is 22.6. The molecule has 1 aliphatic heterocycles. The molecule has 0 saturated carbocycles. The van der Waals surface area contributed by atoms with E-state index in [4.69, 9.17) is 4.74 Å². The maximum absolute atomic E-state index is 13.7. The Balaban J connectivity index is 1.46. The van der Waals surface area contributed by atoms with Crippen molar-refractivity contribution in [3.8, 4) is 17.1 Å². The predicted octanol–water partition coefficient (Wildman–Crippen LogP) is 4.44. The van der Waals surface area contributed by atoms with E-state index >= 15 is 0 Å². The molecule has 0 atom stereocenters. The molecule has 0 fully saturated rings. The van der Waals surface area contributed by atoms with Gasteiger partial charge >= 0.3 is 0 Å². The summed E-state index contributed by atoms with van der Waals surface area (Å²) < 4.78 is 7.94. The number of aromatic nitrogens is 3. The summed E-state index contributed by atoms with van der Waals surface area (Å²) in [4.78, 5) is 33.9. The Labute approximate surface area is 218 Å². The summed E-state index contributed by atoms with van der Waals surface area (Å²) in [6.07, 6.45) is 0. The Kier molecular flexibility index (Phi) is 5.66. The first-order valence-electron chi connectivity index (χ1n) is 11.4. The number of rotatable bonds is 5. The Morgan fingerprint density at radius 2 is 1.78 bits per heavy atom. The molecule has 0 saturated heterocycles. The minimum absolute atomic E-state index is 0.208. The summed E-state index contributed by atoms with van der Waals surface area (Å²) in [6, 6.07) is 22.9. The normalized spacial score (nSPS) is 14.5. The fraction of sp³-hybridized carbons (Fsp3) is 0.111. The lowest BCUT2D eigenvalue weighted by Crippen LogP contribution is -2.32. The molecule has 9 heteroatoms. The second kappa shape index (κ2) is 9.00. The Bertz CT molecular complexity index is 1730. The Hall–Kier alpha value is -3.82. The lowest BCUT2D eigenvalue weighted by atomic mass is 10.1. The van der Waals surface area contributed by atoms with Gasteiger partial charge in [-0.2, -0.15) is 9.50 Å². The second-order valence-electron chi connectivity index (χ2n) is 8.24. The lowest BCUT2D eigenvalue weighted by molar-refractivity contribution is -0.113. The standard InChI is InChI=1S/C27H19BrN4O3S/c1-2-35-19-11-8-17(9-12-19)24-29-27-32(30-24)26(34)23(36-27)22-20-14-18(28)10-13-21(20)31(25(22)33)15-16-6-4-3-5-7-16/h3-14H,2,15H2,1H3. The average molecular weight is 559 g/mol. The van der Waals surface area contributed by atoms with Gasteiger partial charge in [-0.05, 0) is 55.0 Å². The molecule has 3 heterocycles. The average Bonchev–Trinajstić information content (AvgIpc) is 3.51. The first-order valence-corrected chi connectivity index (χ1v) is 13.0. The highest BCUT2D eigenvalue weighted by Crippen LogP contribution is 2.38. The molecule has 0 radical (unpaired) electrons. The molecule has 178 valence electrons. The summed E-state index contributed by atoms with van der Waals surface area (Å²) in [5, 5.41) is 4.45. The first-order chi connectivity index (χ1) is 17.5. The van der Waals surface area contributed by atoms with Gasteiger partial charge in [-0.25, -0.2) is 0 Å². The molecule has 0 spiro atoms. The zero-order chi connectivity index (χ0) is 24.8. The van der Waals surface area contributed by atoms with Crippen molar-refractivity contribution in [1.82, 2.24) is 14.6 Å². The van der Waals surface area contributed by atoms with Crippen molar-refractivity contribution in [2.24, 2.45) is 0 Å². The van der Waals surface area contributed by atoms with Crippen LogP contribution < -0.4 is 19.7 Å². The van der Waals surface area contributed by atoms with Crippen LogP contribution in [0, 0.1) is 0 Å². The van der Waals surface area contributed by atoms with Crippen molar-refractivity contribution in [3.05, 3.63) is 103 Å². The molecule has 0 bridgehead atoms. The van der Waals surface area contributed by atoms with Gasteiger partial charge in [0.25, 0.3) is 11.5 Å². The monoisotopic (exact) mass is 558 g/mol. The minimum Gasteiger partial charge on any atom is -0.494 e. The molecule has 2 aromatic heterocycles. The molecular formula is C27H19BrN4O3S. The predicted molar refractivity (Wildman–Crippen MR) is 143 cm³/mol. The van der Waals surface area contributed by atoms with Gasteiger partial charge in [0.2, 0.25) is 4.96 Å². The number of halogens is 1. The molecule has 3 aromatic carbocycles. The van der Waals surface area contributed by atoms with Crippen LogP contribution in [0.2, 0.25) is 0 Å². The third-order valence-corrected chi connectivity index (χ3v) is 7.49. The zero-order valence-corrected chi connectivity index (χ0v) is 21.5. The van der Waals surface area contributed by atoms with Gasteiger partial charge in [-0.15, -0.1) is 5.10 Å². The number of nitrogens with zero attached hydrogens (tertiary/aromatic N) is 4. The number of anilines is 1. The van der Waals surface area contributed by atoms with Gasteiger partial charge in [-0.1, -0.05) is 57.6 Å². The summed E-state index contributed by atoms with van der Waals surface area (Å²) in [5.41, 5.74) is 3.31. The minimum atomic E-state index is -0.351. The maximum atomic E-state index is 13.7. The van der Waals surface area contributed by atoms with Crippen molar-refractivity contribution in [2.45, 2.75) is 13.5 Å². The number of hydrogen-bond acceptors (Lipinski definition) is 6. The topological polar surface area (TPSA) is 76.8 Å². The largest absolute Gasteiger partial charge is 0.494 e. The van der Waals surface area contributed by atoms with Crippen LogP contribution in [-0.4, -0.2) is 27.1 Å². The third-order valence-electron chi connectivity index (χ3n) is 5.97. The van der Waals surface area contributed by atoms with Crippen LogP contribution >= 0.6 is 27.3 Å². The van der Waals surface area contributed by atoms with Gasteiger partial charge in [0, 0.05) is 15.6 Å². The van der Waals surface area contributed by atoms with E-state index in [0.717, 1.165) is 32.6 Å². The van der Waals surface area contributed by atoms with Crippen molar-refractivity contribution >= 4 is 49.4 Å². The number of carbonyl (C=O) groups is 1.